The Kier molecular flexibility index (Phi) is 6.21. The molecule has 0 aromatic heterocycles. The van der Waals surface area contributed by atoms with Gasteiger partial charge in [0.1, 0.15) is 23.6 Å². The van der Waals surface area contributed by atoms with Crippen LogP contribution in [0.5, 0.6) is 5.75 Å². The summed E-state index contributed by atoms with van der Waals surface area (Å²) in [5.74, 6) is 0.365. The molecule has 1 saturated carbocycles. The SMILES string of the molecule is CC(=O)Oc1ccc(CCC2(C3CCCC3)CC(=O)CC(=O)O2)cc1C(C)C. The Labute approximate surface area is 166 Å². The smallest absolute Gasteiger partial charge is 0.313 e. The van der Waals surface area contributed by atoms with Crippen LogP contribution in [0.25, 0.3) is 0 Å². The molecule has 1 aromatic rings. The van der Waals surface area contributed by atoms with Crippen LogP contribution in [-0.4, -0.2) is 23.3 Å². The molecule has 1 aromatic carbocycles. The highest BCUT2D eigenvalue weighted by Crippen LogP contribution is 2.44. The van der Waals surface area contributed by atoms with Crippen LogP contribution in [0.4, 0.5) is 0 Å². The summed E-state index contributed by atoms with van der Waals surface area (Å²) in [5, 5.41) is 0. The first kappa shape index (κ1) is 20.6. The van der Waals surface area contributed by atoms with Crippen molar-refractivity contribution in [3.8, 4) is 5.75 Å². The Bertz CT molecular complexity index is 742. The monoisotopic (exact) mass is 386 g/mol. The molecule has 28 heavy (non-hydrogen) atoms. The Morgan fingerprint density at radius 1 is 1.25 bits per heavy atom. The normalized spacial score (nSPS) is 23.1. The fraction of sp³-hybridized carbons (Fsp3) is 0.609. The van der Waals surface area contributed by atoms with Gasteiger partial charge in [-0.2, -0.15) is 0 Å². The zero-order valence-corrected chi connectivity index (χ0v) is 17.1. The number of ketones is 1. The maximum Gasteiger partial charge on any atom is 0.313 e. The number of cyclic esters (lactones) is 1. The number of benzene rings is 1. The Hall–Kier alpha value is -2.17. The van der Waals surface area contributed by atoms with Gasteiger partial charge in [0, 0.05) is 13.3 Å². The third-order valence-corrected chi connectivity index (χ3v) is 6.04. The molecule has 5 nitrogen and oxygen atoms in total. The zero-order chi connectivity index (χ0) is 20.3. The summed E-state index contributed by atoms with van der Waals surface area (Å²) in [6.45, 7) is 5.53. The number of ether oxygens (including phenoxy) is 2. The standard InChI is InChI=1S/C23H30O5/c1-15(2)20-12-17(8-9-21(20)27-16(3)24)10-11-23(18-6-4-5-7-18)14-19(25)13-22(26)28-23/h8-9,12,15,18H,4-7,10-11,13-14H2,1-3H3. The van der Waals surface area contributed by atoms with Gasteiger partial charge in [-0.3, -0.25) is 14.4 Å². The number of carbonyl (C=O) groups is 3. The third-order valence-electron chi connectivity index (χ3n) is 6.04. The minimum atomic E-state index is -0.657. The second kappa shape index (κ2) is 8.46. The summed E-state index contributed by atoms with van der Waals surface area (Å²) < 4.78 is 11.2. The molecular formula is C23H30O5. The molecule has 1 unspecified atom stereocenters. The van der Waals surface area contributed by atoms with E-state index in [0.29, 0.717) is 18.6 Å². The molecular weight excluding hydrogens is 356 g/mol. The van der Waals surface area contributed by atoms with Crippen LogP contribution in [0.3, 0.4) is 0 Å². The van der Waals surface area contributed by atoms with Gasteiger partial charge >= 0.3 is 11.9 Å². The largest absolute Gasteiger partial charge is 0.458 e. The summed E-state index contributed by atoms with van der Waals surface area (Å²) in [6.07, 6.45) is 5.91. The van der Waals surface area contributed by atoms with Crippen LogP contribution >= 0.6 is 0 Å². The maximum atomic E-state index is 12.2. The molecule has 0 amide bonds. The zero-order valence-electron chi connectivity index (χ0n) is 17.1. The molecule has 1 saturated heterocycles. The van der Waals surface area contributed by atoms with E-state index in [1.54, 1.807) is 0 Å². The summed E-state index contributed by atoms with van der Waals surface area (Å²) in [5.41, 5.74) is 1.43. The van der Waals surface area contributed by atoms with Gasteiger partial charge in [-0.25, -0.2) is 0 Å². The predicted octanol–water partition coefficient (Wildman–Crippen LogP) is 4.50. The number of esters is 2. The fourth-order valence-electron chi connectivity index (χ4n) is 4.69. The molecule has 1 aliphatic carbocycles. The first-order valence-corrected chi connectivity index (χ1v) is 10.3. The first-order chi connectivity index (χ1) is 13.3. The molecule has 1 heterocycles. The van der Waals surface area contributed by atoms with Gasteiger partial charge < -0.3 is 9.47 Å². The van der Waals surface area contributed by atoms with Crippen molar-refractivity contribution in [3.05, 3.63) is 29.3 Å². The second-order valence-corrected chi connectivity index (χ2v) is 8.53. The number of hydrogen-bond acceptors (Lipinski definition) is 5. The van der Waals surface area contributed by atoms with Crippen molar-refractivity contribution in [3.63, 3.8) is 0 Å². The molecule has 5 heteroatoms. The summed E-state index contributed by atoms with van der Waals surface area (Å²) in [4.78, 5) is 35.6. The lowest BCUT2D eigenvalue weighted by Crippen LogP contribution is -2.48. The van der Waals surface area contributed by atoms with E-state index in [4.69, 9.17) is 9.47 Å². The van der Waals surface area contributed by atoms with E-state index in [1.165, 1.54) is 6.92 Å². The van der Waals surface area contributed by atoms with Crippen molar-refractivity contribution >= 4 is 17.7 Å². The Balaban J connectivity index is 1.81. The van der Waals surface area contributed by atoms with E-state index in [2.05, 4.69) is 19.9 Å². The van der Waals surface area contributed by atoms with Crippen molar-refractivity contribution < 1.29 is 23.9 Å². The van der Waals surface area contributed by atoms with E-state index in [-0.39, 0.29) is 36.0 Å². The predicted molar refractivity (Wildman–Crippen MR) is 105 cm³/mol. The van der Waals surface area contributed by atoms with E-state index < -0.39 is 5.60 Å². The van der Waals surface area contributed by atoms with Gasteiger partial charge in [0.15, 0.2) is 0 Å². The maximum absolute atomic E-state index is 12.2. The van der Waals surface area contributed by atoms with Crippen molar-refractivity contribution in [2.75, 3.05) is 0 Å². The van der Waals surface area contributed by atoms with Gasteiger partial charge in [0.2, 0.25) is 0 Å². The van der Waals surface area contributed by atoms with Gasteiger partial charge in [-0.15, -0.1) is 0 Å². The average Bonchev–Trinajstić information content (AvgIpc) is 3.14. The number of aryl methyl sites for hydroxylation is 1. The van der Waals surface area contributed by atoms with E-state index in [1.807, 2.05) is 12.1 Å². The van der Waals surface area contributed by atoms with Crippen LogP contribution in [-0.2, 0) is 25.5 Å². The number of Topliss-reactive ketones (excluding diaryl/α,β-unsaturated/α-hetero) is 1. The lowest BCUT2D eigenvalue weighted by atomic mass is 9.76. The molecule has 152 valence electrons. The molecule has 0 radical (unpaired) electrons. The van der Waals surface area contributed by atoms with E-state index in [0.717, 1.165) is 43.2 Å². The molecule has 0 bridgehead atoms. The summed E-state index contributed by atoms with van der Waals surface area (Å²) in [7, 11) is 0. The minimum Gasteiger partial charge on any atom is -0.458 e. The van der Waals surface area contributed by atoms with Crippen LogP contribution in [0.1, 0.15) is 82.8 Å². The first-order valence-electron chi connectivity index (χ1n) is 10.3. The average molecular weight is 386 g/mol. The molecule has 1 atom stereocenters. The van der Waals surface area contributed by atoms with Gasteiger partial charge in [0.25, 0.3) is 0 Å². The molecule has 0 N–H and O–H groups in total. The van der Waals surface area contributed by atoms with Gasteiger partial charge in [0.05, 0.1) is 0 Å². The highest BCUT2D eigenvalue weighted by Gasteiger charge is 2.47. The quantitative estimate of drug-likeness (QED) is 0.409. The third kappa shape index (κ3) is 4.62. The van der Waals surface area contributed by atoms with E-state index in [9.17, 15) is 14.4 Å². The van der Waals surface area contributed by atoms with Crippen molar-refractivity contribution in [1.82, 2.24) is 0 Å². The van der Waals surface area contributed by atoms with Gasteiger partial charge in [-0.1, -0.05) is 38.8 Å². The van der Waals surface area contributed by atoms with Crippen LogP contribution in [0.15, 0.2) is 18.2 Å². The second-order valence-electron chi connectivity index (χ2n) is 8.53. The lowest BCUT2D eigenvalue weighted by Gasteiger charge is -2.41. The Morgan fingerprint density at radius 3 is 2.57 bits per heavy atom. The number of hydrogen-bond donors (Lipinski definition) is 0. The highest BCUT2D eigenvalue weighted by molar-refractivity contribution is 5.98. The van der Waals surface area contributed by atoms with Crippen LogP contribution in [0, 0.1) is 5.92 Å². The topological polar surface area (TPSA) is 69.7 Å². The molecule has 2 fully saturated rings. The summed E-state index contributed by atoms with van der Waals surface area (Å²) >= 11 is 0. The number of carbonyl (C=O) groups excluding carboxylic acids is 3. The summed E-state index contributed by atoms with van der Waals surface area (Å²) in [6, 6.07) is 5.86. The number of rotatable bonds is 6. The van der Waals surface area contributed by atoms with E-state index >= 15 is 0 Å². The lowest BCUT2D eigenvalue weighted by molar-refractivity contribution is -0.178. The van der Waals surface area contributed by atoms with Crippen molar-refractivity contribution in [2.45, 2.75) is 83.7 Å². The van der Waals surface area contributed by atoms with Crippen molar-refractivity contribution in [1.29, 1.82) is 0 Å². The Morgan fingerprint density at radius 2 is 1.96 bits per heavy atom. The molecule has 2 aliphatic rings. The van der Waals surface area contributed by atoms with Crippen LogP contribution < -0.4 is 4.74 Å². The molecule has 0 spiro atoms. The van der Waals surface area contributed by atoms with Crippen LogP contribution in [0.2, 0.25) is 0 Å². The minimum absolute atomic E-state index is 0.00349. The van der Waals surface area contributed by atoms with Crippen molar-refractivity contribution in [2.24, 2.45) is 5.92 Å². The fourth-order valence-corrected chi connectivity index (χ4v) is 4.69. The molecule has 1 aliphatic heterocycles. The van der Waals surface area contributed by atoms with Gasteiger partial charge in [-0.05, 0) is 54.7 Å². The molecule has 3 rings (SSSR count). The highest BCUT2D eigenvalue weighted by atomic mass is 16.6.